The number of carbonyl (C=O) groups excluding carboxylic acids is 1. The number of para-hydroxylation sites is 1. The van der Waals surface area contributed by atoms with Crippen LogP contribution in [-0.2, 0) is 9.53 Å². The van der Waals surface area contributed by atoms with Crippen LogP contribution in [0.15, 0.2) is 132 Å². The van der Waals surface area contributed by atoms with Gasteiger partial charge in [0, 0.05) is 21.5 Å². The van der Waals surface area contributed by atoms with Gasteiger partial charge in [0.25, 0.3) is 0 Å². The summed E-state index contributed by atoms with van der Waals surface area (Å²) in [5, 5.41) is 3.06. The number of carbonyl (C=O) groups is 1. The van der Waals surface area contributed by atoms with Crippen molar-refractivity contribution in [2.45, 2.75) is 6.92 Å². The molecule has 5 nitrogen and oxygen atoms in total. The quantitative estimate of drug-likeness (QED) is 0.0970. The maximum atomic E-state index is 13.5. The predicted molar refractivity (Wildman–Crippen MR) is 161 cm³/mol. The van der Waals surface area contributed by atoms with Crippen LogP contribution in [0.1, 0.15) is 12.5 Å². The molecule has 0 spiro atoms. The van der Waals surface area contributed by atoms with Gasteiger partial charge in [0.2, 0.25) is 0 Å². The smallest absolute Gasteiger partial charge is 0.356 e. The fourth-order valence-electron chi connectivity index (χ4n) is 4.30. The lowest BCUT2D eigenvalue weighted by molar-refractivity contribution is -0.138. The molecule has 0 saturated carbocycles. The van der Waals surface area contributed by atoms with E-state index in [0.29, 0.717) is 17.1 Å². The predicted octanol–water partition coefficient (Wildman–Crippen LogP) is 6.34. The fourth-order valence-corrected chi connectivity index (χ4v) is 7.81. The molecular weight excluding hydrogens is 505 g/mol. The molecule has 0 atom stereocenters. The van der Waals surface area contributed by atoms with E-state index in [-0.39, 0.29) is 18.9 Å². The van der Waals surface area contributed by atoms with Gasteiger partial charge in [0.05, 0.1) is 20.8 Å². The van der Waals surface area contributed by atoms with E-state index in [9.17, 15) is 4.79 Å². The molecule has 0 amide bonds. The molecule has 4 aromatic carbocycles. The molecule has 0 fully saturated rings. The Labute approximate surface area is 230 Å². The van der Waals surface area contributed by atoms with E-state index in [1.54, 1.807) is 26.2 Å². The van der Waals surface area contributed by atoms with Gasteiger partial charge < -0.3 is 14.2 Å². The molecule has 0 aromatic heterocycles. The highest BCUT2D eigenvalue weighted by molar-refractivity contribution is 7.87. The zero-order valence-corrected chi connectivity index (χ0v) is 23.1. The van der Waals surface area contributed by atoms with Gasteiger partial charge in [-0.3, -0.25) is 0 Å². The van der Waals surface area contributed by atoms with Gasteiger partial charge >= 0.3 is 5.97 Å². The van der Waals surface area contributed by atoms with Crippen LogP contribution in [-0.4, -0.2) is 26.3 Å². The lowest BCUT2D eigenvalue weighted by atomic mass is 10.1. The van der Waals surface area contributed by atoms with Crippen LogP contribution in [0.4, 0.5) is 0 Å². The SMILES string of the molecule is C=CCOc1c(/C=C(\N=P(c2ccccc2)(c2ccccc2)c2ccccc2)C(=O)OCC)cccc1OC. The minimum Gasteiger partial charge on any atom is -0.493 e. The Bertz CT molecular complexity index is 1380. The minimum absolute atomic E-state index is 0.193. The Kier molecular flexibility index (Phi) is 9.55. The van der Waals surface area contributed by atoms with Crippen LogP contribution in [0, 0.1) is 0 Å². The van der Waals surface area contributed by atoms with Crippen molar-refractivity contribution in [1.82, 2.24) is 0 Å². The van der Waals surface area contributed by atoms with Crippen molar-refractivity contribution >= 4 is 35.0 Å². The van der Waals surface area contributed by atoms with Gasteiger partial charge in [-0.05, 0) is 19.1 Å². The Morgan fingerprint density at radius 2 is 1.36 bits per heavy atom. The summed E-state index contributed by atoms with van der Waals surface area (Å²) in [5.74, 6) is 0.533. The first-order valence-corrected chi connectivity index (χ1v) is 14.5. The molecule has 6 heteroatoms. The molecule has 0 saturated heterocycles. The number of methoxy groups -OCH3 is 1. The largest absolute Gasteiger partial charge is 0.493 e. The summed E-state index contributed by atoms with van der Waals surface area (Å²) in [6.45, 7) is 6.04. The van der Waals surface area contributed by atoms with Crippen molar-refractivity contribution in [3.8, 4) is 11.5 Å². The number of rotatable bonds is 11. The maximum absolute atomic E-state index is 13.5. The third-order valence-electron chi connectivity index (χ3n) is 6.00. The molecule has 198 valence electrons. The third kappa shape index (κ3) is 6.22. The van der Waals surface area contributed by atoms with Gasteiger partial charge in [0.1, 0.15) is 12.3 Å². The highest BCUT2D eigenvalue weighted by Crippen LogP contribution is 2.48. The molecule has 0 radical (unpaired) electrons. The average molecular weight is 538 g/mol. The molecule has 4 aromatic rings. The fraction of sp³-hybridized carbons (Fsp3) is 0.121. The van der Waals surface area contributed by atoms with Crippen molar-refractivity contribution in [2.75, 3.05) is 20.3 Å². The number of hydrogen-bond acceptors (Lipinski definition) is 5. The molecule has 0 N–H and O–H groups in total. The first-order chi connectivity index (χ1) is 19.1. The first-order valence-electron chi connectivity index (χ1n) is 12.7. The van der Waals surface area contributed by atoms with Gasteiger partial charge in [-0.15, -0.1) is 0 Å². The normalized spacial score (nSPS) is 11.4. The van der Waals surface area contributed by atoms with E-state index in [1.165, 1.54) is 0 Å². The zero-order chi connectivity index (χ0) is 27.5. The first kappa shape index (κ1) is 27.7. The van der Waals surface area contributed by atoms with Crippen LogP contribution in [0.25, 0.3) is 6.08 Å². The summed E-state index contributed by atoms with van der Waals surface area (Å²) < 4.78 is 22.4. The molecule has 4 rings (SSSR count). The zero-order valence-electron chi connectivity index (χ0n) is 22.2. The summed E-state index contributed by atoms with van der Waals surface area (Å²) >= 11 is 0. The van der Waals surface area contributed by atoms with Gasteiger partial charge in [0.15, 0.2) is 11.5 Å². The van der Waals surface area contributed by atoms with Crippen LogP contribution < -0.4 is 25.4 Å². The van der Waals surface area contributed by atoms with Crippen LogP contribution in [0.5, 0.6) is 11.5 Å². The van der Waals surface area contributed by atoms with Crippen LogP contribution in [0.2, 0.25) is 0 Å². The van der Waals surface area contributed by atoms with Crippen molar-refractivity contribution < 1.29 is 19.0 Å². The van der Waals surface area contributed by atoms with Gasteiger partial charge in [-0.25, -0.2) is 9.54 Å². The average Bonchev–Trinajstić information content (AvgIpc) is 3.00. The molecule has 39 heavy (non-hydrogen) atoms. The third-order valence-corrected chi connectivity index (χ3v) is 9.65. The summed E-state index contributed by atoms with van der Waals surface area (Å²) in [4.78, 5) is 13.5. The highest BCUT2D eigenvalue weighted by atomic mass is 31.2. The minimum atomic E-state index is -2.71. The Morgan fingerprint density at radius 3 is 1.82 bits per heavy atom. The molecule has 0 bridgehead atoms. The summed E-state index contributed by atoms with van der Waals surface area (Å²) in [6.07, 6.45) is 3.38. The molecule has 0 aliphatic heterocycles. The van der Waals surface area contributed by atoms with Crippen molar-refractivity contribution in [3.63, 3.8) is 0 Å². The van der Waals surface area contributed by atoms with E-state index < -0.39 is 13.0 Å². The number of ether oxygens (including phenoxy) is 3. The van der Waals surface area contributed by atoms with Gasteiger partial charge in [-0.2, -0.15) is 0 Å². The maximum Gasteiger partial charge on any atom is 0.356 e. The highest BCUT2D eigenvalue weighted by Gasteiger charge is 2.29. The molecule has 0 unspecified atom stereocenters. The van der Waals surface area contributed by atoms with Gasteiger partial charge in [-0.1, -0.05) is 116 Å². The monoisotopic (exact) mass is 537 g/mol. The van der Waals surface area contributed by atoms with Crippen molar-refractivity contribution in [3.05, 3.63) is 133 Å². The van der Waals surface area contributed by atoms with E-state index >= 15 is 0 Å². The van der Waals surface area contributed by atoms with Crippen LogP contribution >= 0.6 is 7.05 Å². The van der Waals surface area contributed by atoms with E-state index in [4.69, 9.17) is 19.0 Å². The Balaban J connectivity index is 2.11. The molecular formula is C33H32NO4P. The summed E-state index contributed by atoms with van der Waals surface area (Å²) in [7, 11) is -1.13. The topological polar surface area (TPSA) is 57.1 Å². The van der Waals surface area contributed by atoms with E-state index in [2.05, 4.69) is 43.0 Å². The lowest BCUT2D eigenvalue weighted by Crippen LogP contribution is -2.26. The van der Waals surface area contributed by atoms with E-state index in [0.717, 1.165) is 15.9 Å². The lowest BCUT2D eigenvalue weighted by Gasteiger charge is -2.27. The summed E-state index contributed by atoms with van der Waals surface area (Å²) in [6, 6.07) is 35.9. The molecule has 0 aliphatic rings. The van der Waals surface area contributed by atoms with Crippen molar-refractivity contribution in [2.24, 2.45) is 4.74 Å². The second kappa shape index (κ2) is 13.5. The van der Waals surface area contributed by atoms with Crippen molar-refractivity contribution in [1.29, 1.82) is 0 Å². The number of nitrogens with zero attached hydrogens (tertiary/aromatic N) is 1. The Morgan fingerprint density at radius 1 is 0.821 bits per heavy atom. The molecule has 0 aliphatic carbocycles. The second-order valence-electron chi connectivity index (χ2n) is 8.47. The number of esters is 1. The van der Waals surface area contributed by atoms with Crippen LogP contribution in [0.3, 0.4) is 0 Å². The van der Waals surface area contributed by atoms with E-state index in [1.807, 2.05) is 72.8 Å². The Hall–Kier alpha value is -4.34. The second-order valence-corrected chi connectivity index (χ2v) is 11.5. The standard InChI is InChI=1S/C33H32NO4P/c1-4-24-38-32-26(16-15-23-31(32)36-3)25-30(33(35)37-5-2)34-39(27-17-9-6-10-18-27,28-19-11-7-12-20-28)29-21-13-8-14-22-29/h4,6-23,25H,1,5,24H2,2-3H3/b30-25-. The summed E-state index contributed by atoms with van der Waals surface area (Å²) in [5.41, 5.74) is 0.841. The number of hydrogen-bond donors (Lipinski definition) is 0. The number of benzene rings is 4. The molecule has 0 heterocycles.